The van der Waals surface area contributed by atoms with Crippen molar-refractivity contribution in [2.75, 3.05) is 26.3 Å². The van der Waals surface area contributed by atoms with Crippen LogP contribution in [0.3, 0.4) is 0 Å². The topological polar surface area (TPSA) is 114 Å². The Morgan fingerprint density at radius 2 is 2.06 bits per heavy atom. The fourth-order valence-corrected chi connectivity index (χ4v) is 3.59. The van der Waals surface area contributed by atoms with Gasteiger partial charge in [-0.1, -0.05) is 12.1 Å². The van der Waals surface area contributed by atoms with Crippen LogP contribution >= 0.6 is 0 Å². The van der Waals surface area contributed by atoms with Crippen molar-refractivity contribution in [1.29, 1.82) is 0 Å². The third-order valence-corrected chi connectivity index (χ3v) is 5.15. The Morgan fingerprint density at radius 3 is 2.81 bits per heavy atom. The van der Waals surface area contributed by atoms with E-state index in [-0.39, 0.29) is 41.9 Å². The van der Waals surface area contributed by atoms with Crippen LogP contribution in [0.2, 0.25) is 0 Å². The van der Waals surface area contributed by atoms with E-state index in [1.165, 1.54) is 0 Å². The van der Waals surface area contributed by atoms with E-state index >= 15 is 0 Å². The number of aryl methyl sites for hydroxylation is 1. The summed E-state index contributed by atoms with van der Waals surface area (Å²) >= 11 is 0. The predicted molar refractivity (Wildman–Crippen MR) is 114 cm³/mol. The van der Waals surface area contributed by atoms with Crippen molar-refractivity contribution in [3.63, 3.8) is 0 Å². The van der Waals surface area contributed by atoms with Gasteiger partial charge in [0.2, 0.25) is 5.91 Å². The van der Waals surface area contributed by atoms with Gasteiger partial charge in [-0.05, 0) is 38.8 Å². The molecule has 9 heteroatoms. The van der Waals surface area contributed by atoms with Crippen molar-refractivity contribution in [1.82, 2.24) is 20.1 Å². The first-order chi connectivity index (χ1) is 15.0. The molecule has 1 amide bonds. The van der Waals surface area contributed by atoms with Gasteiger partial charge in [-0.15, -0.1) is 10.2 Å². The average Bonchev–Trinajstić information content (AvgIpc) is 2.78. The lowest BCUT2D eigenvalue weighted by Gasteiger charge is -2.31. The number of hydrogen-bond acceptors (Lipinski definition) is 7. The Balaban J connectivity index is 1.60. The third-order valence-electron chi connectivity index (χ3n) is 5.15. The molecule has 0 radical (unpaired) electrons. The van der Waals surface area contributed by atoms with Crippen molar-refractivity contribution in [2.45, 2.75) is 39.5 Å². The molecular weight excluding hydrogens is 400 g/mol. The molecule has 1 atom stereocenters. The molecule has 1 aliphatic rings. The van der Waals surface area contributed by atoms with E-state index in [1.807, 2.05) is 25.1 Å². The third kappa shape index (κ3) is 5.90. The van der Waals surface area contributed by atoms with E-state index in [0.717, 1.165) is 12.8 Å². The number of hydrogen-bond donors (Lipinski definition) is 1. The van der Waals surface area contributed by atoms with Crippen LogP contribution in [0.25, 0.3) is 11.4 Å². The van der Waals surface area contributed by atoms with Gasteiger partial charge in [0.15, 0.2) is 5.82 Å². The molecule has 1 aromatic carbocycles. The molecule has 1 saturated heterocycles. The zero-order valence-electron chi connectivity index (χ0n) is 17.9. The second kappa shape index (κ2) is 10.7. The lowest BCUT2D eigenvalue weighted by atomic mass is 9.98. The lowest BCUT2D eigenvalue weighted by Crippen LogP contribution is -2.43. The minimum Gasteiger partial charge on any atom is -0.494 e. The molecule has 3 rings (SSSR count). The maximum Gasteiger partial charge on any atom is 0.310 e. The summed E-state index contributed by atoms with van der Waals surface area (Å²) in [5, 5.41) is 8.15. The second-order valence-corrected chi connectivity index (χ2v) is 7.34. The average molecular weight is 428 g/mol. The number of carbonyl (C=O) groups is 2. The molecule has 0 unspecified atom stereocenters. The first-order valence-corrected chi connectivity index (χ1v) is 10.6. The van der Waals surface area contributed by atoms with Crippen LogP contribution < -0.4 is 10.3 Å². The summed E-state index contributed by atoms with van der Waals surface area (Å²) in [5.41, 5.74) is 0.524. The van der Waals surface area contributed by atoms with Crippen molar-refractivity contribution < 1.29 is 19.1 Å². The number of benzene rings is 1. The summed E-state index contributed by atoms with van der Waals surface area (Å²) in [5.74, 6) is 0.373. The van der Waals surface area contributed by atoms with Crippen LogP contribution in [0.1, 0.15) is 38.8 Å². The first kappa shape index (κ1) is 22.5. The monoisotopic (exact) mass is 428 g/mol. The number of ether oxygens (including phenoxy) is 2. The molecule has 0 saturated carbocycles. The zero-order valence-corrected chi connectivity index (χ0v) is 17.9. The highest BCUT2D eigenvalue weighted by atomic mass is 16.5. The number of rotatable bonds is 8. The molecule has 9 nitrogen and oxygen atoms in total. The lowest BCUT2D eigenvalue weighted by molar-refractivity contribution is -0.151. The molecule has 1 aromatic heterocycles. The molecule has 1 N–H and O–H groups in total. The van der Waals surface area contributed by atoms with E-state index in [9.17, 15) is 14.4 Å². The fourth-order valence-electron chi connectivity index (χ4n) is 3.59. The van der Waals surface area contributed by atoms with Gasteiger partial charge in [-0.2, -0.15) is 0 Å². The number of nitrogens with one attached hydrogen (secondary N) is 1. The van der Waals surface area contributed by atoms with Gasteiger partial charge in [0, 0.05) is 31.5 Å². The SMILES string of the molecule is CCOC(=O)[C@@H]1CCCN(C(=O)CCc2nnc(-c3cccc(OCC)c3)[nH]c2=O)C1. The van der Waals surface area contributed by atoms with Crippen LogP contribution in [0.15, 0.2) is 29.1 Å². The first-order valence-electron chi connectivity index (χ1n) is 10.6. The quantitative estimate of drug-likeness (QED) is 0.639. The summed E-state index contributed by atoms with van der Waals surface area (Å²) < 4.78 is 10.5. The van der Waals surface area contributed by atoms with Crippen molar-refractivity contribution in [2.24, 2.45) is 5.92 Å². The molecule has 0 bridgehead atoms. The highest BCUT2D eigenvalue weighted by Gasteiger charge is 2.29. The molecular formula is C22H28N4O5. The molecule has 0 spiro atoms. The number of esters is 1. The van der Waals surface area contributed by atoms with Gasteiger partial charge < -0.3 is 19.4 Å². The number of piperidine rings is 1. The van der Waals surface area contributed by atoms with E-state index < -0.39 is 0 Å². The number of aromatic nitrogens is 3. The molecule has 1 aliphatic heterocycles. The number of H-pyrrole nitrogens is 1. The molecule has 2 aromatic rings. The summed E-state index contributed by atoms with van der Waals surface area (Å²) in [6.07, 6.45) is 1.79. The summed E-state index contributed by atoms with van der Waals surface area (Å²) in [7, 11) is 0. The normalized spacial score (nSPS) is 16.1. The fraction of sp³-hybridized carbons (Fsp3) is 0.500. The molecule has 2 heterocycles. The van der Waals surface area contributed by atoms with Crippen LogP contribution in [-0.2, 0) is 20.7 Å². The Kier molecular flexibility index (Phi) is 7.75. The standard InChI is InChI=1S/C22H28N4O5/c1-3-30-17-9-5-7-15(13-17)20-23-21(28)18(24-25-20)10-11-19(27)26-12-6-8-16(14-26)22(29)31-4-2/h5,7,9,13,16H,3-4,6,8,10-12,14H2,1-2H3,(H,23,25,28)/t16-/m1/s1. The number of nitrogens with zero attached hydrogens (tertiary/aromatic N) is 3. The Hall–Kier alpha value is -3.23. The van der Waals surface area contributed by atoms with Gasteiger partial charge in [0.05, 0.1) is 19.1 Å². The molecule has 0 aliphatic carbocycles. The number of carbonyl (C=O) groups excluding carboxylic acids is 2. The minimum atomic E-state index is -0.373. The maximum absolute atomic E-state index is 12.6. The molecule has 166 valence electrons. The van der Waals surface area contributed by atoms with Gasteiger partial charge in [0.1, 0.15) is 11.4 Å². The van der Waals surface area contributed by atoms with E-state index in [1.54, 1.807) is 17.9 Å². The van der Waals surface area contributed by atoms with Gasteiger partial charge in [-0.3, -0.25) is 14.4 Å². The molecule has 31 heavy (non-hydrogen) atoms. The summed E-state index contributed by atoms with van der Waals surface area (Å²) in [6.45, 7) is 5.49. The van der Waals surface area contributed by atoms with E-state index in [0.29, 0.717) is 43.4 Å². The summed E-state index contributed by atoms with van der Waals surface area (Å²) in [4.78, 5) is 41.4. The number of aromatic amines is 1. The Bertz CT molecular complexity index is 974. The predicted octanol–water partition coefficient (Wildman–Crippen LogP) is 1.96. The van der Waals surface area contributed by atoms with Crippen molar-refractivity contribution >= 4 is 11.9 Å². The Labute approximate surface area is 180 Å². The smallest absolute Gasteiger partial charge is 0.310 e. The summed E-state index contributed by atoms with van der Waals surface area (Å²) in [6, 6.07) is 7.23. The van der Waals surface area contributed by atoms with Gasteiger partial charge in [-0.25, -0.2) is 0 Å². The maximum atomic E-state index is 12.6. The zero-order chi connectivity index (χ0) is 22.2. The van der Waals surface area contributed by atoms with Gasteiger partial charge >= 0.3 is 5.97 Å². The van der Waals surface area contributed by atoms with Crippen molar-refractivity contribution in [3.8, 4) is 17.1 Å². The molecule has 1 fully saturated rings. The van der Waals surface area contributed by atoms with Gasteiger partial charge in [0.25, 0.3) is 5.56 Å². The number of likely N-dealkylation sites (tertiary alicyclic amines) is 1. The Morgan fingerprint density at radius 1 is 1.23 bits per heavy atom. The number of amides is 1. The largest absolute Gasteiger partial charge is 0.494 e. The van der Waals surface area contributed by atoms with Crippen LogP contribution in [0, 0.1) is 5.92 Å². The van der Waals surface area contributed by atoms with Crippen molar-refractivity contribution in [3.05, 3.63) is 40.3 Å². The minimum absolute atomic E-state index is 0.108. The van der Waals surface area contributed by atoms with E-state index in [2.05, 4.69) is 15.2 Å². The van der Waals surface area contributed by atoms with Crippen LogP contribution in [-0.4, -0.2) is 58.3 Å². The highest BCUT2D eigenvalue weighted by Crippen LogP contribution is 2.20. The van der Waals surface area contributed by atoms with E-state index in [4.69, 9.17) is 9.47 Å². The second-order valence-electron chi connectivity index (χ2n) is 7.34. The van der Waals surface area contributed by atoms with Crippen LogP contribution in [0.4, 0.5) is 0 Å². The van der Waals surface area contributed by atoms with Crippen LogP contribution in [0.5, 0.6) is 5.75 Å². The highest BCUT2D eigenvalue weighted by molar-refractivity contribution is 5.78.